The van der Waals surface area contributed by atoms with Crippen LogP contribution in [0.25, 0.3) is 0 Å². The molecule has 1 aromatic carbocycles. The van der Waals surface area contributed by atoms with Crippen LogP contribution in [0.15, 0.2) is 24.3 Å². The van der Waals surface area contributed by atoms with Gasteiger partial charge in [-0.2, -0.15) is 0 Å². The van der Waals surface area contributed by atoms with Crippen LogP contribution in [0.3, 0.4) is 0 Å². The highest BCUT2D eigenvalue weighted by molar-refractivity contribution is 5.16. The fourth-order valence-electron chi connectivity index (χ4n) is 2.51. The minimum Gasteiger partial charge on any atom is -0.382 e. The molecule has 2 rings (SSSR count). The predicted octanol–water partition coefficient (Wildman–Crippen LogP) is 2.12. The lowest BCUT2D eigenvalue weighted by Crippen LogP contribution is -2.60. The van der Waals surface area contributed by atoms with E-state index in [0.29, 0.717) is 24.8 Å². The van der Waals surface area contributed by atoms with Crippen LogP contribution >= 0.6 is 0 Å². The first-order valence-electron chi connectivity index (χ1n) is 7.45. The summed E-state index contributed by atoms with van der Waals surface area (Å²) in [4.78, 5) is 0. The number of methoxy groups -OCH3 is 1. The Morgan fingerprint density at radius 3 is 2.76 bits per heavy atom. The number of likely N-dealkylation sites (N-methyl/N-ethyl adjacent to an activating group) is 1. The number of nitrogens with one attached hydrogen (secondary N) is 1. The fourth-order valence-corrected chi connectivity index (χ4v) is 2.51. The summed E-state index contributed by atoms with van der Waals surface area (Å²) >= 11 is 0. The molecule has 0 aliphatic heterocycles. The molecule has 5 heteroatoms. The van der Waals surface area contributed by atoms with Crippen LogP contribution < -0.4 is 5.32 Å². The summed E-state index contributed by atoms with van der Waals surface area (Å²) in [5.74, 6) is -0.225. The van der Waals surface area contributed by atoms with Crippen molar-refractivity contribution in [2.45, 2.75) is 38.2 Å². The highest BCUT2D eigenvalue weighted by atomic mass is 19.1. The monoisotopic (exact) mass is 297 g/mol. The third-order valence-corrected chi connectivity index (χ3v) is 3.72. The summed E-state index contributed by atoms with van der Waals surface area (Å²) in [5.41, 5.74) is 0.583. The second kappa shape index (κ2) is 8.44. The molecule has 0 radical (unpaired) electrons. The Morgan fingerprint density at radius 1 is 1.24 bits per heavy atom. The number of hydrogen-bond acceptors (Lipinski definition) is 4. The molecule has 3 unspecified atom stereocenters. The molecular formula is C16H24FNO3. The van der Waals surface area contributed by atoms with Gasteiger partial charge in [0.25, 0.3) is 0 Å². The molecule has 0 spiro atoms. The molecule has 4 nitrogen and oxygen atoms in total. The van der Waals surface area contributed by atoms with Gasteiger partial charge in [0.05, 0.1) is 32.0 Å². The topological polar surface area (TPSA) is 39.7 Å². The van der Waals surface area contributed by atoms with E-state index in [0.717, 1.165) is 13.0 Å². The Hall–Kier alpha value is -1.01. The van der Waals surface area contributed by atoms with Crippen molar-refractivity contribution >= 4 is 0 Å². The Kier molecular flexibility index (Phi) is 6.57. The van der Waals surface area contributed by atoms with Crippen molar-refractivity contribution in [3.8, 4) is 0 Å². The molecule has 0 saturated heterocycles. The van der Waals surface area contributed by atoms with Crippen molar-refractivity contribution in [3.05, 3.63) is 35.6 Å². The summed E-state index contributed by atoms with van der Waals surface area (Å²) < 4.78 is 30.2. The summed E-state index contributed by atoms with van der Waals surface area (Å²) in [6, 6.07) is 7.00. The normalized spacial score (nSPS) is 24.8. The second-order valence-corrected chi connectivity index (χ2v) is 5.17. The number of rotatable bonds is 9. The van der Waals surface area contributed by atoms with Crippen molar-refractivity contribution in [2.75, 3.05) is 26.9 Å². The van der Waals surface area contributed by atoms with Gasteiger partial charge in [0, 0.05) is 18.7 Å². The fraction of sp³-hybridized carbons (Fsp3) is 0.625. The van der Waals surface area contributed by atoms with Crippen LogP contribution in [0.1, 0.15) is 18.9 Å². The molecule has 1 aliphatic rings. The zero-order valence-corrected chi connectivity index (χ0v) is 12.7. The first kappa shape index (κ1) is 16.4. The van der Waals surface area contributed by atoms with Gasteiger partial charge in [0.1, 0.15) is 5.82 Å². The number of halogens is 1. The summed E-state index contributed by atoms with van der Waals surface area (Å²) in [6.07, 6.45) is 0.900. The van der Waals surface area contributed by atoms with Gasteiger partial charge in [0.15, 0.2) is 0 Å². The molecule has 3 atom stereocenters. The third kappa shape index (κ3) is 4.48. The minimum absolute atomic E-state index is 0.00510. The van der Waals surface area contributed by atoms with Gasteiger partial charge >= 0.3 is 0 Å². The molecule has 21 heavy (non-hydrogen) atoms. The molecule has 1 fully saturated rings. The average molecular weight is 297 g/mol. The molecule has 1 aromatic rings. The van der Waals surface area contributed by atoms with Gasteiger partial charge in [-0.05, 0) is 19.0 Å². The maximum Gasteiger partial charge on any atom is 0.128 e. The van der Waals surface area contributed by atoms with Gasteiger partial charge < -0.3 is 19.5 Å². The van der Waals surface area contributed by atoms with Crippen LogP contribution in [0, 0.1) is 5.82 Å². The maximum atomic E-state index is 13.6. The van der Waals surface area contributed by atoms with Crippen LogP contribution in [0.4, 0.5) is 4.39 Å². The van der Waals surface area contributed by atoms with E-state index in [9.17, 15) is 4.39 Å². The van der Waals surface area contributed by atoms with Crippen molar-refractivity contribution in [1.29, 1.82) is 0 Å². The van der Waals surface area contributed by atoms with E-state index >= 15 is 0 Å². The average Bonchev–Trinajstić information content (AvgIpc) is 2.48. The summed E-state index contributed by atoms with van der Waals surface area (Å²) in [5, 5.41) is 3.38. The Labute approximate surface area is 125 Å². The Morgan fingerprint density at radius 2 is 2.05 bits per heavy atom. The quantitative estimate of drug-likeness (QED) is 0.709. The van der Waals surface area contributed by atoms with Crippen LogP contribution in [-0.4, -0.2) is 45.1 Å². The SMILES string of the molecule is CCNC1CC(OCc2ccccc2F)C1OCCOC. The van der Waals surface area contributed by atoms with Crippen molar-refractivity contribution in [3.63, 3.8) is 0 Å². The van der Waals surface area contributed by atoms with E-state index in [1.54, 1.807) is 19.2 Å². The Bertz CT molecular complexity index is 430. The lowest BCUT2D eigenvalue weighted by molar-refractivity contribution is -0.156. The Balaban J connectivity index is 1.82. The molecule has 1 N–H and O–H groups in total. The van der Waals surface area contributed by atoms with E-state index in [4.69, 9.17) is 14.2 Å². The lowest BCUT2D eigenvalue weighted by Gasteiger charge is -2.44. The summed E-state index contributed by atoms with van der Waals surface area (Å²) in [6.45, 7) is 4.35. The van der Waals surface area contributed by atoms with Crippen molar-refractivity contribution in [1.82, 2.24) is 5.32 Å². The number of hydrogen-bond donors (Lipinski definition) is 1. The molecule has 118 valence electrons. The standard InChI is InChI=1S/C16H24FNO3/c1-3-18-14-10-15(16(14)20-9-8-19-2)21-11-12-6-4-5-7-13(12)17/h4-7,14-16,18H,3,8-11H2,1-2H3. The van der Waals surface area contributed by atoms with Gasteiger partial charge in [-0.3, -0.25) is 0 Å². The number of ether oxygens (including phenoxy) is 3. The molecule has 1 saturated carbocycles. The highest BCUT2D eigenvalue weighted by Crippen LogP contribution is 2.28. The highest BCUT2D eigenvalue weighted by Gasteiger charge is 2.42. The van der Waals surface area contributed by atoms with E-state index < -0.39 is 0 Å². The van der Waals surface area contributed by atoms with Crippen molar-refractivity contribution in [2.24, 2.45) is 0 Å². The maximum absolute atomic E-state index is 13.6. The van der Waals surface area contributed by atoms with Gasteiger partial charge in [-0.15, -0.1) is 0 Å². The molecule has 0 amide bonds. The summed E-state index contributed by atoms with van der Waals surface area (Å²) in [7, 11) is 1.65. The molecular weight excluding hydrogens is 273 g/mol. The van der Waals surface area contributed by atoms with Crippen LogP contribution in [-0.2, 0) is 20.8 Å². The van der Waals surface area contributed by atoms with Gasteiger partial charge in [-0.25, -0.2) is 4.39 Å². The van der Waals surface area contributed by atoms with Gasteiger partial charge in [0.2, 0.25) is 0 Å². The predicted molar refractivity (Wildman–Crippen MR) is 78.7 cm³/mol. The minimum atomic E-state index is -0.225. The zero-order valence-electron chi connectivity index (χ0n) is 12.7. The molecule has 0 heterocycles. The first-order valence-corrected chi connectivity index (χ1v) is 7.45. The van der Waals surface area contributed by atoms with Crippen LogP contribution in [0.2, 0.25) is 0 Å². The van der Waals surface area contributed by atoms with E-state index in [2.05, 4.69) is 12.2 Å². The smallest absolute Gasteiger partial charge is 0.128 e. The largest absolute Gasteiger partial charge is 0.382 e. The molecule has 1 aliphatic carbocycles. The lowest BCUT2D eigenvalue weighted by atomic mass is 9.85. The van der Waals surface area contributed by atoms with E-state index in [1.807, 2.05) is 6.07 Å². The zero-order chi connectivity index (χ0) is 15.1. The van der Waals surface area contributed by atoms with E-state index in [1.165, 1.54) is 6.07 Å². The third-order valence-electron chi connectivity index (χ3n) is 3.72. The van der Waals surface area contributed by atoms with Crippen molar-refractivity contribution < 1.29 is 18.6 Å². The molecule has 0 bridgehead atoms. The van der Waals surface area contributed by atoms with Gasteiger partial charge in [-0.1, -0.05) is 25.1 Å². The van der Waals surface area contributed by atoms with Crippen LogP contribution in [0.5, 0.6) is 0 Å². The second-order valence-electron chi connectivity index (χ2n) is 5.17. The van der Waals surface area contributed by atoms with E-state index in [-0.39, 0.29) is 24.6 Å². The first-order chi connectivity index (χ1) is 10.3. The molecule has 0 aromatic heterocycles. The number of benzene rings is 1.